The first-order valence-corrected chi connectivity index (χ1v) is 4.23. The zero-order valence-corrected chi connectivity index (χ0v) is 6.99. The molecular weight excluding hydrogens is 156 g/mol. The third-order valence-electron chi connectivity index (χ3n) is 2.09. The molecule has 0 unspecified atom stereocenters. The van der Waals surface area contributed by atoms with Gasteiger partial charge in [-0.25, -0.2) is 0 Å². The van der Waals surface area contributed by atoms with Gasteiger partial charge in [0, 0.05) is 5.02 Å². The van der Waals surface area contributed by atoms with E-state index < -0.39 is 0 Å². The third kappa shape index (κ3) is 1.28. The van der Waals surface area contributed by atoms with E-state index in [2.05, 4.69) is 12.5 Å². The fraction of sp³-hybridized carbons (Fsp3) is 0.300. The predicted molar refractivity (Wildman–Crippen MR) is 46.7 cm³/mol. The van der Waals surface area contributed by atoms with Crippen molar-refractivity contribution in [3.05, 3.63) is 40.8 Å². The first kappa shape index (κ1) is 7.17. The first-order chi connectivity index (χ1) is 5.38. The van der Waals surface area contributed by atoms with Gasteiger partial charge in [-0.2, -0.15) is 0 Å². The van der Waals surface area contributed by atoms with Crippen molar-refractivity contribution in [2.75, 3.05) is 0 Å². The summed E-state index contributed by atoms with van der Waals surface area (Å²) in [4.78, 5) is 0. The van der Waals surface area contributed by atoms with Crippen LogP contribution in [0.1, 0.15) is 17.5 Å². The van der Waals surface area contributed by atoms with E-state index in [0.717, 1.165) is 24.3 Å². The van der Waals surface area contributed by atoms with Crippen LogP contribution in [-0.4, -0.2) is 0 Å². The summed E-state index contributed by atoms with van der Waals surface area (Å²) in [6, 6.07) is 6.13. The molecule has 0 amide bonds. The maximum absolute atomic E-state index is 6.00. The van der Waals surface area contributed by atoms with E-state index in [4.69, 9.17) is 11.6 Å². The van der Waals surface area contributed by atoms with Gasteiger partial charge >= 0.3 is 0 Å². The Balaban J connectivity index is 2.49. The van der Waals surface area contributed by atoms with Crippen LogP contribution in [-0.2, 0) is 12.8 Å². The van der Waals surface area contributed by atoms with Crippen molar-refractivity contribution in [1.82, 2.24) is 0 Å². The zero-order valence-electron chi connectivity index (χ0n) is 6.23. The van der Waals surface area contributed by atoms with E-state index in [1.165, 1.54) is 11.1 Å². The molecule has 1 aliphatic rings. The predicted octanol–water partition coefficient (Wildman–Crippen LogP) is 2.91. The van der Waals surface area contributed by atoms with E-state index in [0.29, 0.717) is 0 Å². The summed E-state index contributed by atoms with van der Waals surface area (Å²) in [7, 11) is 0. The molecule has 0 heterocycles. The molecule has 0 atom stereocenters. The second-order valence-corrected chi connectivity index (χ2v) is 3.21. The molecule has 0 nitrogen and oxygen atoms in total. The molecule has 0 saturated heterocycles. The van der Waals surface area contributed by atoms with Crippen LogP contribution in [0.25, 0.3) is 0 Å². The standard InChI is InChI=1S/C10H9Cl/c11-10-7-3-5-8-4-1-2-6-9(8)10/h3,5,7H,1,4,6H2. The highest BCUT2D eigenvalue weighted by atomic mass is 35.5. The Morgan fingerprint density at radius 2 is 2.27 bits per heavy atom. The minimum atomic E-state index is 0.898. The lowest BCUT2D eigenvalue weighted by atomic mass is 9.92. The molecule has 0 bridgehead atoms. The van der Waals surface area contributed by atoms with Crippen LogP contribution < -0.4 is 0 Å². The third-order valence-corrected chi connectivity index (χ3v) is 2.44. The molecule has 0 aromatic heterocycles. The van der Waals surface area contributed by atoms with E-state index in [-0.39, 0.29) is 0 Å². The Bertz CT molecular complexity index is 266. The molecule has 1 aliphatic carbocycles. The van der Waals surface area contributed by atoms with Crippen molar-refractivity contribution in [2.24, 2.45) is 0 Å². The van der Waals surface area contributed by atoms with Gasteiger partial charge < -0.3 is 0 Å². The van der Waals surface area contributed by atoms with Crippen LogP contribution in [0.15, 0.2) is 18.2 Å². The van der Waals surface area contributed by atoms with E-state index in [9.17, 15) is 0 Å². The van der Waals surface area contributed by atoms with Crippen molar-refractivity contribution in [3.8, 4) is 0 Å². The van der Waals surface area contributed by atoms with Gasteiger partial charge in [0.15, 0.2) is 0 Å². The summed E-state index contributed by atoms with van der Waals surface area (Å²) in [6.07, 6.45) is 6.41. The number of hydrogen-bond acceptors (Lipinski definition) is 0. The minimum Gasteiger partial charge on any atom is -0.0840 e. The zero-order chi connectivity index (χ0) is 7.68. The molecule has 1 heteroatoms. The molecule has 11 heavy (non-hydrogen) atoms. The molecule has 2 radical (unpaired) electrons. The fourth-order valence-electron chi connectivity index (χ4n) is 1.47. The van der Waals surface area contributed by atoms with Crippen molar-refractivity contribution in [2.45, 2.75) is 19.3 Å². The van der Waals surface area contributed by atoms with Gasteiger partial charge in [0.05, 0.1) is 0 Å². The highest BCUT2D eigenvalue weighted by Crippen LogP contribution is 2.26. The fourth-order valence-corrected chi connectivity index (χ4v) is 1.73. The lowest BCUT2D eigenvalue weighted by molar-refractivity contribution is 0.830. The highest BCUT2D eigenvalue weighted by Gasteiger charge is 2.11. The molecule has 1 aromatic rings. The van der Waals surface area contributed by atoms with Crippen molar-refractivity contribution in [1.29, 1.82) is 0 Å². The Morgan fingerprint density at radius 1 is 1.36 bits per heavy atom. The van der Waals surface area contributed by atoms with Gasteiger partial charge in [-0.05, 0) is 42.9 Å². The van der Waals surface area contributed by atoms with Gasteiger partial charge in [0.1, 0.15) is 0 Å². The topological polar surface area (TPSA) is 0 Å². The summed E-state index contributed by atoms with van der Waals surface area (Å²) in [5, 5.41) is 0.898. The smallest absolute Gasteiger partial charge is 0.0440 e. The molecule has 0 N–H and O–H groups in total. The maximum Gasteiger partial charge on any atom is 0.0440 e. The number of hydrogen-bond donors (Lipinski definition) is 0. The quantitative estimate of drug-likeness (QED) is 0.553. The number of fused-ring (bicyclic) bond motifs is 1. The van der Waals surface area contributed by atoms with Crippen molar-refractivity contribution >= 4 is 11.6 Å². The van der Waals surface area contributed by atoms with Crippen LogP contribution in [0, 0.1) is 6.42 Å². The van der Waals surface area contributed by atoms with Crippen LogP contribution >= 0.6 is 11.6 Å². The Morgan fingerprint density at radius 3 is 3.09 bits per heavy atom. The van der Waals surface area contributed by atoms with Gasteiger partial charge in [-0.1, -0.05) is 23.7 Å². The molecular formula is C10H9Cl. The molecule has 2 rings (SSSR count). The number of benzene rings is 1. The molecule has 56 valence electrons. The summed E-state index contributed by atoms with van der Waals surface area (Å²) in [5.41, 5.74) is 2.68. The Hall–Kier alpha value is -0.490. The number of halogens is 1. The normalized spacial score (nSPS) is 16.1. The minimum absolute atomic E-state index is 0.898. The van der Waals surface area contributed by atoms with Crippen molar-refractivity contribution in [3.63, 3.8) is 0 Å². The monoisotopic (exact) mass is 164 g/mol. The largest absolute Gasteiger partial charge is 0.0840 e. The highest BCUT2D eigenvalue weighted by molar-refractivity contribution is 6.31. The van der Waals surface area contributed by atoms with E-state index in [1.54, 1.807) is 0 Å². The molecule has 0 saturated carbocycles. The molecule has 1 aromatic carbocycles. The number of aryl methyl sites for hydroxylation is 1. The van der Waals surface area contributed by atoms with Gasteiger partial charge in [-0.15, -0.1) is 0 Å². The lowest BCUT2D eigenvalue weighted by Crippen LogP contribution is -2.02. The van der Waals surface area contributed by atoms with Crippen LogP contribution in [0.4, 0.5) is 0 Å². The Kier molecular flexibility index (Phi) is 1.87. The summed E-state index contributed by atoms with van der Waals surface area (Å²) in [6.45, 7) is 0. The molecule has 0 aliphatic heterocycles. The Labute approximate surface area is 72.2 Å². The van der Waals surface area contributed by atoms with E-state index in [1.807, 2.05) is 12.1 Å². The van der Waals surface area contributed by atoms with Crippen LogP contribution in [0.3, 0.4) is 0 Å². The molecule has 0 spiro atoms. The second-order valence-electron chi connectivity index (χ2n) is 2.80. The summed E-state index contributed by atoms with van der Waals surface area (Å²) >= 11 is 6.00. The second kappa shape index (κ2) is 2.86. The first-order valence-electron chi connectivity index (χ1n) is 3.85. The SMILES string of the molecule is Clc1cccc2c1C[C]CC2. The number of rotatable bonds is 0. The van der Waals surface area contributed by atoms with Gasteiger partial charge in [0.25, 0.3) is 0 Å². The lowest BCUT2D eigenvalue weighted by Gasteiger charge is -2.15. The van der Waals surface area contributed by atoms with Crippen LogP contribution in [0.5, 0.6) is 0 Å². The van der Waals surface area contributed by atoms with Gasteiger partial charge in [-0.3, -0.25) is 0 Å². The van der Waals surface area contributed by atoms with E-state index >= 15 is 0 Å². The summed E-state index contributed by atoms with van der Waals surface area (Å²) < 4.78 is 0. The maximum atomic E-state index is 6.00. The molecule has 0 fully saturated rings. The van der Waals surface area contributed by atoms with Gasteiger partial charge in [0.2, 0.25) is 0 Å². The van der Waals surface area contributed by atoms with Crippen molar-refractivity contribution < 1.29 is 0 Å². The summed E-state index contributed by atoms with van der Waals surface area (Å²) in [5.74, 6) is 0. The average molecular weight is 165 g/mol. The van der Waals surface area contributed by atoms with Crippen LogP contribution in [0.2, 0.25) is 5.02 Å². The average Bonchev–Trinajstić information content (AvgIpc) is 2.06.